The summed E-state index contributed by atoms with van der Waals surface area (Å²) < 4.78 is 65.0. The number of aliphatic hydroxyl groups excluding tert-OH is 1. The summed E-state index contributed by atoms with van der Waals surface area (Å²) in [6.45, 7) is 5.13. The molecule has 4 aromatic heterocycles. The van der Waals surface area contributed by atoms with Gasteiger partial charge in [-0.25, -0.2) is 19.5 Å². The number of nitrogens with one attached hydrogen (secondary N) is 3. The van der Waals surface area contributed by atoms with Gasteiger partial charge in [0.25, 0.3) is 11.5 Å². The summed E-state index contributed by atoms with van der Waals surface area (Å²) >= 11 is 0. The lowest BCUT2D eigenvalue weighted by molar-refractivity contribution is -0.118. The maximum absolute atomic E-state index is 14.6. The molecule has 2 saturated heterocycles. The molecule has 330 valence electrons. The molecule has 1 aromatic carbocycles. The van der Waals surface area contributed by atoms with Crippen molar-refractivity contribution in [1.29, 1.82) is 5.26 Å². The zero-order valence-electron chi connectivity index (χ0n) is 33.6. The van der Waals surface area contributed by atoms with Gasteiger partial charge in [-0.05, 0) is 12.1 Å². The van der Waals surface area contributed by atoms with Crippen molar-refractivity contribution in [3.05, 3.63) is 70.7 Å². The maximum atomic E-state index is 14.6. The highest BCUT2D eigenvalue weighted by atomic mass is 31.2. The predicted molar refractivity (Wildman–Crippen MR) is 214 cm³/mol. The van der Waals surface area contributed by atoms with Gasteiger partial charge >= 0.3 is 16.1 Å². The van der Waals surface area contributed by atoms with Crippen LogP contribution in [0, 0.1) is 29.1 Å². The highest BCUT2D eigenvalue weighted by Gasteiger charge is 2.50. The Kier molecular flexibility index (Phi) is 13.7. The van der Waals surface area contributed by atoms with Crippen molar-refractivity contribution in [3.63, 3.8) is 0 Å². The Morgan fingerprint density at radius 1 is 1.06 bits per heavy atom. The number of carbonyl (C=O) groups is 2. The van der Waals surface area contributed by atoms with Crippen LogP contribution in [0.1, 0.15) is 62.4 Å². The molecule has 24 nitrogen and oxygen atoms in total. The highest BCUT2D eigenvalue weighted by molar-refractivity contribution is 7.48. The molecule has 0 bridgehead atoms. The Hall–Kier alpha value is -5.31. The van der Waals surface area contributed by atoms with E-state index in [1.807, 2.05) is 6.07 Å². The van der Waals surface area contributed by atoms with Crippen LogP contribution in [-0.2, 0) is 41.5 Å². The molecular weight excluding hydrogens is 856 g/mol. The number of ether oxygens (including phenoxy) is 2. The first kappa shape index (κ1) is 44.7. The first-order valence-electron chi connectivity index (χ1n) is 19.3. The zero-order valence-corrected chi connectivity index (χ0v) is 35.4. The van der Waals surface area contributed by atoms with Crippen molar-refractivity contribution in [1.82, 2.24) is 39.1 Å². The van der Waals surface area contributed by atoms with E-state index in [1.165, 1.54) is 27.9 Å². The molecule has 10 unspecified atom stereocenters. The fraction of sp³-hybridized carbons (Fsp3) is 0.472. The molecule has 62 heavy (non-hydrogen) atoms. The minimum atomic E-state index is -4.76. The second-order valence-electron chi connectivity index (χ2n) is 14.7. The van der Waals surface area contributed by atoms with Gasteiger partial charge in [-0.15, -0.1) is 0 Å². The number of carbonyl (C=O) groups excluding carboxylic acids is 2. The van der Waals surface area contributed by atoms with Crippen molar-refractivity contribution in [2.24, 2.45) is 17.8 Å². The van der Waals surface area contributed by atoms with Gasteiger partial charge in [0.05, 0.1) is 57.0 Å². The fourth-order valence-electron chi connectivity index (χ4n) is 7.05. The minimum Gasteiger partial charge on any atom is -0.394 e. The topological polar surface area (TPSA) is 319 Å². The quantitative estimate of drug-likeness (QED) is 0.0661. The molecule has 26 heteroatoms. The summed E-state index contributed by atoms with van der Waals surface area (Å²) in [7, 11) is -8.34. The number of nitrogens with zero attached hydrogens (tertiary/aromatic N) is 8. The standard InChI is InChI=1S/C36H43N11O13P2/c1-18(2)31(49)43-35-42-30-25(33(51)44-35)40-17-46(30)34-28(19(3)23(14-48)58-34)60-62(54,55-12-8-11-37)56-15-24-27(59-61(52)53)20(4)26(57-24)22-13-41-47-29(22)38-16-39-36(47)45-32(50)21-9-6-5-7-10-21/h5-7,9-10,13,16-20,23-24,26-28,34,48,61H,8,12,14-15H2,1-4H3,(H,52,53)(H,38,39,45,50)(H2,42,43,44,49,51). The number of nitriles is 1. The maximum Gasteiger partial charge on any atom is 0.475 e. The average molecular weight is 900 g/mol. The molecule has 2 aliphatic heterocycles. The molecule has 6 heterocycles. The van der Waals surface area contributed by atoms with Crippen LogP contribution in [0.3, 0.4) is 0 Å². The van der Waals surface area contributed by atoms with E-state index in [4.69, 9.17) is 27.6 Å². The largest absolute Gasteiger partial charge is 0.475 e. The number of amides is 2. The highest BCUT2D eigenvalue weighted by Crippen LogP contribution is 2.56. The van der Waals surface area contributed by atoms with Crippen molar-refractivity contribution in [3.8, 4) is 6.07 Å². The van der Waals surface area contributed by atoms with E-state index in [9.17, 15) is 38.8 Å². The summed E-state index contributed by atoms with van der Waals surface area (Å²) in [6.07, 6.45) is -2.96. The lowest BCUT2D eigenvalue weighted by atomic mass is 9.95. The van der Waals surface area contributed by atoms with Crippen LogP contribution in [0.15, 0.2) is 54.0 Å². The third-order valence-electron chi connectivity index (χ3n) is 10.3. The van der Waals surface area contributed by atoms with Gasteiger partial charge in [0.15, 0.2) is 23.0 Å². The number of H-pyrrole nitrogens is 1. The molecule has 5 N–H and O–H groups in total. The van der Waals surface area contributed by atoms with Crippen LogP contribution in [0.5, 0.6) is 0 Å². The fourth-order valence-corrected chi connectivity index (χ4v) is 9.09. The van der Waals surface area contributed by atoms with Crippen molar-refractivity contribution >= 4 is 56.6 Å². The predicted octanol–water partition coefficient (Wildman–Crippen LogP) is 2.91. The number of phosphoric acid groups is 1. The number of imidazole rings is 1. The van der Waals surface area contributed by atoms with Crippen LogP contribution in [0.2, 0.25) is 0 Å². The van der Waals surface area contributed by atoms with Crippen molar-refractivity contribution in [2.45, 2.75) is 70.9 Å². The van der Waals surface area contributed by atoms with E-state index in [0.717, 1.165) is 0 Å². The van der Waals surface area contributed by atoms with Gasteiger partial charge < -0.3 is 24.0 Å². The van der Waals surface area contributed by atoms with Crippen LogP contribution in [-0.4, -0.2) is 105 Å². The summed E-state index contributed by atoms with van der Waals surface area (Å²) in [5.41, 5.74) is 0.174. The van der Waals surface area contributed by atoms with Gasteiger partial charge in [-0.3, -0.25) is 52.7 Å². The second-order valence-corrected chi connectivity index (χ2v) is 17.1. The lowest BCUT2D eigenvalue weighted by Crippen LogP contribution is -2.32. The molecule has 7 rings (SSSR count). The Balaban J connectivity index is 1.15. The van der Waals surface area contributed by atoms with E-state index in [1.54, 1.807) is 58.0 Å². The van der Waals surface area contributed by atoms with Crippen LogP contribution >= 0.6 is 16.1 Å². The van der Waals surface area contributed by atoms with Crippen molar-refractivity contribution in [2.75, 3.05) is 30.5 Å². The second kappa shape index (κ2) is 19.0. The third-order valence-corrected chi connectivity index (χ3v) is 12.2. The molecule has 0 radical (unpaired) electrons. The number of phosphoric ester groups is 1. The van der Waals surface area contributed by atoms with Gasteiger partial charge in [-0.1, -0.05) is 45.9 Å². The molecular formula is C36H43N11O13P2. The first-order valence-corrected chi connectivity index (χ1v) is 22.0. The van der Waals surface area contributed by atoms with E-state index < -0.39 is 108 Å². The minimum absolute atomic E-state index is 0.0411. The average Bonchev–Trinajstić information content (AvgIpc) is 4.02. The number of fused-ring (bicyclic) bond motifs is 2. The summed E-state index contributed by atoms with van der Waals surface area (Å²) in [5, 5.41) is 29.1. The Morgan fingerprint density at radius 3 is 2.55 bits per heavy atom. The summed E-state index contributed by atoms with van der Waals surface area (Å²) in [6, 6.07) is 10.3. The summed E-state index contributed by atoms with van der Waals surface area (Å²) in [5.74, 6) is -2.81. The van der Waals surface area contributed by atoms with Gasteiger partial charge in [0, 0.05) is 28.9 Å². The Bertz CT molecular complexity index is 2600. The van der Waals surface area contributed by atoms with Gasteiger partial charge in [0.2, 0.25) is 17.8 Å². The van der Waals surface area contributed by atoms with Crippen LogP contribution in [0.4, 0.5) is 11.9 Å². The molecule has 5 aromatic rings. The number of aliphatic hydroxyl groups is 1. The number of hydrogen-bond donors (Lipinski definition) is 5. The number of aromatic nitrogens is 8. The smallest absolute Gasteiger partial charge is 0.394 e. The van der Waals surface area contributed by atoms with Crippen LogP contribution in [0.25, 0.3) is 16.8 Å². The number of anilines is 2. The van der Waals surface area contributed by atoms with Gasteiger partial charge in [-0.2, -0.15) is 19.9 Å². The van der Waals surface area contributed by atoms with Gasteiger partial charge in [0.1, 0.15) is 24.6 Å². The SMILES string of the molecule is CC(C)C(=O)Nc1nc2c(ncn2C2OC(CO)C(C)C2OP(=O)(OCCC#N)OCC2OC(c3cnn4c(NC(=O)c5ccccc5)ncnc34)C(C)C2O[PH](=O)O)c(=O)[nH]1. The third kappa shape index (κ3) is 9.37. The normalized spacial score (nSPS) is 25.2. The zero-order chi connectivity index (χ0) is 44.3. The molecule has 0 spiro atoms. The Morgan fingerprint density at radius 2 is 1.84 bits per heavy atom. The Labute approximate surface area is 352 Å². The molecule has 0 saturated carbocycles. The molecule has 10 atom stereocenters. The lowest BCUT2D eigenvalue weighted by Gasteiger charge is -2.28. The number of rotatable bonds is 17. The summed E-state index contributed by atoms with van der Waals surface area (Å²) in [4.78, 5) is 67.8. The number of benzene rings is 1. The van der Waals surface area contributed by atoms with Crippen LogP contribution < -0.4 is 16.2 Å². The molecule has 2 aliphatic rings. The molecule has 0 aliphatic carbocycles. The van der Waals surface area contributed by atoms with E-state index >= 15 is 0 Å². The van der Waals surface area contributed by atoms with E-state index in [2.05, 4.69) is 40.7 Å². The van der Waals surface area contributed by atoms with E-state index in [-0.39, 0.29) is 35.1 Å². The number of aromatic amines is 1. The van der Waals surface area contributed by atoms with Crippen molar-refractivity contribution < 1.29 is 56.3 Å². The molecule has 2 fully saturated rings. The monoisotopic (exact) mass is 899 g/mol. The number of hydrogen-bond acceptors (Lipinski definition) is 18. The first-order chi connectivity index (χ1) is 29.7. The molecule has 2 amide bonds. The van der Waals surface area contributed by atoms with E-state index in [0.29, 0.717) is 11.1 Å².